The third-order valence-corrected chi connectivity index (χ3v) is 7.77. The Hall–Kier alpha value is -2.77. The van der Waals surface area contributed by atoms with E-state index < -0.39 is 45.3 Å². The van der Waals surface area contributed by atoms with E-state index in [1.807, 2.05) is 4.90 Å². The second-order valence-electron chi connectivity index (χ2n) is 10.3. The number of ether oxygens (including phenoxy) is 2. The van der Waals surface area contributed by atoms with Crippen LogP contribution in [0.5, 0.6) is 5.75 Å². The molecule has 13 heteroatoms. The highest BCUT2D eigenvalue weighted by molar-refractivity contribution is 7.89. The lowest BCUT2D eigenvalue weighted by molar-refractivity contribution is -0.140. The van der Waals surface area contributed by atoms with E-state index in [9.17, 15) is 35.2 Å². The molecule has 1 N–H and O–H groups in total. The number of halogens is 5. The fourth-order valence-electron chi connectivity index (χ4n) is 4.98. The van der Waals surface area contributed by atoms with Crippen LogP contribution in [0.15, 0.2) is 30.3 Å². The van der Waals surface area contributed by atoms with Crippen molar-refractivity contribution >= 4 is 15.9 Å². The molecule has 1 saturated carbocycles. The lowest BCUT2D eigenvalue weighted by atomic mass is 9.94. The van der Waals surface area contributed by atoms with Gasteiger partial charge in [-0.2, -0.15) is 13.2 Å². The zero-order valence-corrected chi connectivity index (χ0v) is 22.9. The SMILES string of the molecule is COCC(c1ccc(F)c(C(F)(F)F)c1)N1CCC(COc2cc(F)c(C(=O)NS(C)(=O)=O)cc2C2CC2)CC1. The van der Waals surface area contributed by atoms with Gasteiger partial charge in [0.2, 0.25) is 10.0 Å². The topological polar surface area (TPSA) is 84.9 Å². The van der Waals surface area contributed by atoms with E-state index >= 15 is 0 Å². The number of benzene rings is 2. The minimum atomic E-state index is -4.81. The van der Waals surface area contributed by atoms with Crippen molar-refractivity contribution < 1.29 is 44.6 Å². The number of likely N-dealkylation sites (tertiary alicyclic amines) is 1. The van der Waals surface area contributed by atoms with E-state index in [0.29, 0.717) is 42.8 Å². The van der Waals surface area contributed by atoms with Gasteiger partial charge in [0, 0.05) is 13.2 Å². The molecule has 2 aromatic rings. The summed E-state index contributed by atoms with van der Waals surface area (Å²) in [6, 6.07) is 4.97. The maximum atomic E-state index is 14.8. The molecule has 0 radical (unpaired) electrons. The van der Waals surface area contributed by atoms with Crippen LogP contribution in [-0.4, -0.2) is 58.9 Å². The second kappa shape index (κ2) is 12.0. The van der Waals surface area contributed by atoms with Crippen molar-refractivity contribution in [1.82, 2.24) is 9.62 Å². The average molecular weight is 591 g/mol. The van der Waals surface area contributed by atoms with Gasteiger partial charge >= 0.3 is 6.18 Å². The van der Waals surface area contributed by atoms with E-state index in [1.165, 1.54) is 19.2 Å². The number of sulfonamides is 1. The molecule has 2 aromatic carbocycles. The lowest BCUT2D eigenvalue weighted by Gasteiger charge is -2.37. The van der Waals surface area contributed by atoms with E-state index in [-0.39, 0.29) is 30.6 Å². The number of hydrogen-bond acceptors (Lipinski definition) is 6. The standard InChI is InChI=1S/C27H31F5N2O5S/c1-38-15-24(18-5-6-22(28)21(11-18)27(30,31)32)34-9-7-16(8-10-34)14-39-25-13-23(29)20(12-19(25)17-3-4-17)26(35)33-40(2,36)37/h5-6,11-13,16-17,24H,3-4,7-10,14-15H2,1-2H3,(H,33,35). The Morgan fingerprint density at radius 1 is 1.07 bits per heavy atom. The minimum absolute atomic E-state index is 0.0849. The third kappa shape index (κ3) is 7.49. The first-order chi connectivity index (χ1) is 18.8. The van der Waals surface area contributed by atoms with Crippen LogP contribution in [0.3, 0.4) is 0 Å². The molecule has 2 fully saturated rings. The summed E-state index contributed by atoms with van der Waals surface area (Å²) < 4.78 is 104. The molecule has 0 bridgehead atoms. The number of rotatable bonds is 10. The van der Waals surface area contributed by atoms with Gasteiger partial charge < -0.3 is 9.47 Å². The van der Waals surface area contributed by atoms with Crippen molar-refractivity contribution in [3.05, 3.63) is 64.2 Å². The van der Waals surface area contributed by atoms with Crippen LogP contribution in [0.1, 0.15) is 64.7 Å². The predicted molar refractivity (Wildman–Crippen MR) is 136 cm³/mol. The number of carbonyl (C=O) groups is 1. The largest absolute Gasteiger partial charge is 0.493 e. The molecule has 1 aliphatic carbocycles. The zero-order chi connectivity index (χ0) is 29.2. The predicted octanol–water partition coefficient (Wildman–Crippen LogP) is 5.03. The van der Waals surface area contributed by atoms with Gasteiger partial charge in [0.1, 0.15) is 17.4 Å². The Labute approximate surface area is 229 Å². The molecule has 7 nitrogen and oxygen atoms in total. The van der Waals surface area contributed by atoms with Gasteiger partial charge in [0.25, 0.3) is 5.91 Å². The summed E-state index contributed by atoms with van der Waals surface area (Å²) in [6.45, 7) is 1.48. The number of nitrogens with one attached hydrogen (secondary N) is 1. The molecule has 2 aliphatic rings. The van der Waals surface area contributed by atoms with E-state index in [0.717, 1.165) is 37.3 Å². The van der Waals surface area contributed by atoms with Gasteiger partial charge in [0.05, 0.1) is 36.6 Å². The Balaban J connectivity index is 1.41. The fraction of sp³-hybridized carbons (Fsp3) is 0.519. The van der Waals surface area contributed by atoms with Gasteiger partial charge in [-0.25, -0.2) is 21.9 Å². The van der Waals surface area contributed by atoms with Crippen molar-refractivity contribution in [3.8, 4) is 5.75 Å². The van der Waals surface area contributed by atoms with Crippen LogP contribution >= 0.6 is 0 Å². The minimum Gasteiger partial charge on any atom is -0.493 e. The molecular formula is C27H31F5N2O5S. The highest BCUT2D eigenvalue weighted by Gasteiger charge is 2.36. The lowest BCUT2D eigenvalue weighted by Crippen LogP contribution is -2.40. The monoisotopic (exact) mass is 590 g/mol. The summed E-state index contributed by atoms with van der Waals surface area (Å²) in [7, 11) is -2.41. The first-order valence-electron chi connectivity index (χ1n) is 12.8. The molecule has 1 saturated heterocycles. The molecule has 40 heavy (non-hydrogen) atoms. The molecule has 0 spiro atoms. The van der Waals surface area contributed by atoms with E-state index in [4.69, 9.17) is 9.47 Å². The molecule has 0 aromatic heterocycles. The van der Waals surface area contributed by atoms with Crippen LogP contribution in [-0.2, 0) is 20.9 Å². The molecule has 1 heterocycles. The second-order valence-corrected chi connectivity index (χ2v) is 12.1. The van der Waals surface area contributed by atoms with Gasteiger partial charge in [-0.3, -0.25) is 9.69 Å². The summed E-state index contributed by atoms with van der Waals surface area (Å²) in [4.78, 5) is 14.3. The highest BCUT2D eigenvalue weighted by atomic mass is 32.2. The van der Waals surface area contributed by atoms with E-state index in [1.54, 1.807) is 4.72 Å². The number of methoxy groups -OCH3 is 1. The molecule has 4 rings (SSSR count). The van der Waals surface area contributed by atoms with Crippen molar-refractivity contribution in [2.45, 2.75) is 43.8 Å². The maximum absolute atomic E-state index is 14.8. The van der Waals surface area contributed by atoms with Crippen LogP contribution in [0.4, 0.5) is 22.0 Å². The Bertz CT molecular complexity index is 1340. The number of hydrogen-bond donors (Lipinski definition) is 1. The van der Waals surface area contributed by atoms with Crippen LogP contribution in [0.25, 0.3) is 0 Å². The summed E-state index contributed by atoms with van der Waals surface area (Å²) >= 11 is 0. The van der Waals surface area contributed by atoms with E-state index in [2.05, 4.69) is 0 Å². The molecular weight excluding hydrogens is 559 g/mol. The summed E-state index contributed by atoms with van der Waals surface area (Å²) in [5, 5.41) is 0. The van der Waals surface area contributed by atoms with Crippen molar-refractivity contribution in [1.29, 1.82) is 0 Å². The number of amides is 1. The fourth-order valence-corrected chi connectivity index (χ4v) is 5.43. The summed E-state index contributed by atoms with van der Waals surface area (Å²) in [6.07, 6.45) is -1.00. The quantitative estimate of drug-likeness (QED) is 0.391. The molecule has 1 atom stereocenters. The number of nitrogens with zero attached hydrogens (tertiary/aromatic N) is 1. The third-order valence-electron chi connectivity index (χ3n) is 7.21. The number of carbonyl (C=O) groups excluding carboxylic acids is 1. The molecule has 220 valence electrons. The smallest absolute Gasteiger partial charge is 0.419 e. The molecule has 1 aliphatic heterocycles. The first-order valence-corrected chi connectivity index (χ1v) is 14.7. The number of alkyl halides is 3. The summed E-state index contributed by atoms with van der Waals surface area (Å²) in [5.74, 6) is -2.78. The van der Waals surface area contributed by atoms with Crippen molar-refractivity contribution in [2.75, 3.05) is 39.7 Å². The van der Waals surface area contributed by atoms with Gasteiger partial charge in [-0.15, -0.1) is 0 Å². The van der Waals surface area contributed by atoms with Crippen molar-refractivity contribution in [2.24, 2.45) is 5.92 Å². The van der Waals surface area contributed by atoms with Gasteiger partial charge in [-0.1, -0.05) is 6.07 Å². The van der Waals surface area contributed by atoms with Gasteiger partial charge in [0.15, 0.2) is 0 Å². The van der Waals surface area contributed by atoms with Crippen molar-refractivity contribution in [3.63, 3.8) is 0 Å². The normalized spacial score (nSPS) is 18.0. The van der Waals surface area contributed by atoms with Gasteiger partial charge in [-0.05, 0) is 79.9 Å². The first kappa shape index (κ1) is 30.2. The highest BCUT2D eigenvalue weighted by Crippen LogP contribution is 2.45. The summed E-state index contributed by atoms with van der Waals surface area (Å²) in [5.41, 5.74) is -0.719. The number of piperidine rings is 1. The Kier molecular flexibility index (Phi) is 9.05. The van der Waals surface area contributed by atoms with Crippen LogP contribution in [0, 0.1) is 17.6 Å². The average Bonchev–Trinajstić information content (AvgIpc) is 3.70. The molecule has 1 amide bonds. The van der Waals surface area contributed by atoms with Crippen LogP contribution < -0.4 is 9.46 Å². The maximum Gasteiger partial charge on any atom is 0.419 e. The Morgan fingerprint density at radius 2 is 1.75 bits per heavy atom. The Morgan fingerprint density at radius 3 is 2.33 bits per heavy atom. The molecule has 1 unspecified atom stereocenters. The zero-order valence-electron chi connectivity index (χ0n) is 22.1. The van der Waals surface area contributed by atoms with Crippen LogP contribution in [0.2, 0.25) is 0 Å².